The summed E-state index contributed by atoms with van der Waals surface area (Å²) in [7, 11) is 0. The van der Waals surface area contributed by atoms with E-state index in [-0.39, 0.29) is 5.95 Å². The van der Waals surface area contributed by atoms with Gasteiger partial charge in [-0.15, -0.1) is 10.2 Å². The Labute approximate surface area is 111 Å². The SMILES string of the molecule is Nc1nnc2ncc(-c3ccc(Cl)cc3Cl)nn12. The van der Waals surface area contributed by atoms with Gasteiger partial charge in [-0.25, -0.2) is 4.98 Å². The lowest BCUT2D eigenvalue weighted by atomic mass is 10.2. The van der Waals surface area contributed by atoms with Gasteiger partial charge in [-0.1, -0.05) is 23.2 Å². The molecule has 18 heavy (non-hydrogen) atoms. The normalized spacial score (nSPS) is 11.0. The first kappa shape index (κ1) is 11.2. The number of halogens is 2. The molecule has 0 radical (unpaired) electrons. The van der Waals surface area contributed by atoms with Gasteiger partial charge in [0.2, 0.25) is 5.95 Å². The van der Waals surface area contributed by atoms with E-state index < -0.39 is 0 Å². The Morgan fingerprint density at radius 1 is 1.17 bits per heavy atom. The van der Waals surface area contributed by atoms with Crippen LogP contribution in [-0.2, 0) is 0 Å². The third-order valence-corrected chi connectivity index (χ3v) is 2.91. The number of benzene rings is 1. The molecule has 0 bridgehead atoms. The van der Waals surface area contributed by atoms with Crippen LogP contribution in [-0.4, -0.2) is 24.8 Å². The van der Waals surface area contributed by atoms with Gasteiger partial charge in [-0.3, -0.25) is 0 Å². The maximum Gasteiger partial charge on any atom is 0.273 e. The molecule has 6 nitrogen and oxygen atoms in total. The molecule has 0 fully saturated rings. The van der Waals surface area contributed by atoms with Crippen LogP contribution < -0.4 is 5.73 Å². The highest BCUT2D eigenvalue weighted by Gasteiger charge is 2.10. The van der Waals surface area contributed by atoms with Crippen molar-refractivity contribution in [3.63, 3.8) is 0 Å². The van der Waals surface area contributed by atoms with Crippen molar-refractivity contribution in [2.75, 3.05) is 5.73 Å². The van der Waals surface area contributed by atoms with Gasteiger partial charge in [0.05, 0.1) is 11.2 Å². The first-order chi connectivity index (χ1) is 8.65. The summed E-state index contributed by atoms with van der Waals surface area (Å²) < 4.78 is 1.35. The van der Waals surface area contributed by atoms with Crippen molar-refractivity contribution in [1.82, 2.24) is 24.8 Å². The molecule has 0 saturated heterocycles. The standard InChI is InChI=1S/C10H6Cl2N6/c11-5-1-2-6(7(12)3-5)8-4-14-10-16-15-9(13)18(10)17-8/h1-4H,(H2,13,15). The fourth-order valence-corrected chi connectivity index (χ4v) is 2.04. The molecule has 0 saturated carbocycles. The Morgan fingerprint density at radius 2 is 2.00 bits per heavy atom. The monoisotopic (exact) mass is 280 g/mol. The van der Waals surface area contributed by atoms with Crippen LogP contribution in [0.15, 0.2) is 24.4 Å². The van der Waals surface area contributed by atoms with E-state index in [2.05, 4.69) is 20.3 Å². The summed E-state index contributed by atoms with van der Waals surface area (Å²) in [4.78, 5) is 4.10. The van der Waals surface area contributed by atoms with Gasteiger partial charge in [0.1, 0.15) is 5.69 Å². The average molecular weight is 281 g/mol. The van der Waals surface area contributed by atoms with E-state index in [0.717, 1.165) is 0 Å². The molecule has 2 aromatic heterocycles. The number of aromatic nitrogens is 5. The highest BCUT2D eigenvalue weighted by atomic mass is 35.5. The third kappa shape index (κ3) is 1.75. The van der Waals surface area contributed by atoms with E-state index in [1.54, 1.807) is 24.4 Å². The summed E-state index contributed by atoms with van der Waals surface area (Å²) in [6.07, 6.45) is 1.55. The first-order valence-corrected chi connectivity index (χ1v) is 5.70. The second kappa shape index (κ2) is 4.08. The van der Waals surface area contributed by atoms with Crippen LogP contribution in [0.1, 0.15) is 0 Å². The second-order valence-corrected chi connectivity index (χ2v) is 4.38. The van der Waals surface area contributed by atoms with Crippen LogP contribution in [0.4, 0.5) is 5.95 Å². The van der Waals surface area contributed by atoms with Crippen molar-refractivity contribution >= 4 is 34.9 Å². The molecule has 3 aromatic rings. The highest BCUT2D eigenvalue weighted by Crippen LogP contribution is 2.28. The lowest BCUT2D eigenvalue weighted by Crippen LogP contribution is -2.01. The topological polar surface area (TPSA) is 82.0 Å². The second-order valence-electron chi connectivity index (χ2n) is 3.54. The quantitative estimate of drug-likeness (QED) is 0.738. The Bertz CT molecular complexity index is 738. The molecule has 0 amide bonds. The molecule has 90 valence electrons. The van der Waals surface area contributed by atoms with Crippen LogP contribution in [0, 0.1) is 0 Å². The molecule has 0 atom stereocenters. The lowest BCUT2D eigenvalue weighted by molar-refractivity contribution is 0.916. The van der Waals surface area contributed by atoms with Gasteiger partial charge >= 0.3 is 0 Å². The van der Waals surface area contributed by atoms with Gasteiger partial charge in [0.15, 0.2) is 0 Å². The minimum absolute atomic E-state index is 0.171. The summed E-state index contributed by atoms with van der Waals surface area (Å²) in [5, 5.41) is 12.7. The molecule has 2 heterocycles. The predicted octanol–water partition coefficient (Wildman–Crippen LogP) is 2.08. The number of nitrogen functional groups attached to an aromatic ring is 1. The van der Waals surface area contributed by atoms with Crippen molar-refractivity contribution in [2.45, 2.75) is 0 Å². The van der Waals surface area contributed by atoms with Crippen molar-refractivity contribution < 1.29 is 0 Å². The Hall–Kier alpha value is -1.92. The minimum Gasteiger partial charge on any atom is -0.366 e. The Morgan fingerprint density at radius 3 is 2.78 bits per heavy atom. The zero-order chi connectivity index (χ0) is 12.7. The molecule has 0 unspecified atom stereocenters. The fraction of sp³-hybridized carbons (Fsp3) is 0. The molecule has 3 rings (SSSR count). The maximum atomic E-state index is 6.10. The Balaban J connectivity index is 2.21. The number of nitrogens with zero attached hydrogens (tertiary/aromatic N) is 5. The minimum atomic E-state index is 0.171. The molecular formula is C10H6Cl2N6. The van der Waals surface area contributed by atoms with E-state index in [1.807, 2.05) is 0 Å². The van der Waals surface area contributed by atoms with Crippen LogP contribution in [0.2, 0.25) is 10.0 Å². The summed E-state index contributed by atoms with van der Waals surface area (Å²) in [5.74, 6) is 0.505. The zero-order valence-corrected chi connectivity index (χ0v) is 10.4. The third-order valence-electron chi connectivity index (χ3n) is 2.37. The van der Waals surface area contributed by atoms with Crippen molar-refractivity contribution in [3.8, 4) is 11.3 Å². The van der Waals surface area contributed by atoms with Crippen LogP contribution >= 0.6 is 23.2 Å². The van der Waals surface area contributed by atoms with E-state index >= 15 is 0 Å². The highest BCUT2D eigenvalue weighted by molar-refractivity contribution is 6.36. The fourth-order valence-electron chi connectivity index (χ4n) is 1.53. The number of nitrogens with two attached hydrogens (primary N) is 1. The molecular weight excluding hydrogens is 275 g/mol. The number of rotatable bonds is 1. The molecule has 1 aromatic carbocycles. The summed E-state index contributed by atoms with van der Waals surface area (Å²) in [5.41, 5.74) is 6.90. The van der Waals surface area contributed by atoms with E-state index in [9.17, 15) is 0 Å². The smallest absolute Gasteiger partial charge is 0.273 e. The number of fused-ring (bicyclic) bond motifs is 1. The molecule has 8 heteroatoms. The first-order valence-electron chi connectivity index (χ1n) is 4.94. The summed E-state index contributed by atoms with van der Waals surface area (Å²) in [6.45, 7) is 0. The number of anilines is 1. The number of hydrogen-bond donors (Lipinski definition) is 1. The van der Waals surface area contributed by atoms with Gasteiger partial charge < -0.3 is 5.73 Å². The van der Waals surface area contributed by atoms with Crippen LogP contribution in [0.5, 0.6) is 0 Å². The van der Waals surface area contributed by atoms with E-state index in [1.165, 1.54) is 4.52 Å². The maximum absolute atomic E-state index is 6.10. The van der Waals surface area contributed by atoms with E-state index in [4.69, 9.17) is 28.9 Å². The van der Waals surface area contributed by atoms with Gasteiger partial charge in [-0.05, 0) is 18.2 Å². The van der Waals surface area contributed by atoms with Crippen LogP contribution in [0.25, 0.3) is 17.0 Å². The lowest BCUT2D eigenvalue weighted by Gasteiger charge is -2.03. The molecule has 0 aliphatic carbocycles. The summed E-state index contributed by atoms with van der Waals surface area (Å²) in [6, 6.07) is 5.13. The van der Waals surface area contributed by atoms with Crippen molar-refractivity contribution in [3.05, 3.63) is 34.4 Å². The average Bonchev–Trinajstić information content (AvgIpc) is 2.71. The van der Waals surface area contributed by atoms with Crippen molar-refractivity contribution in [2.24, 2.45) is 0 Å². The molecule has 2 N–H and O–H groups in total. The van der Waals surface area contributed by atoms with E-state index in [0.29, 0.717) is 27.1 Å². The number of hydrogen-bond acceptors (Lipinski definition) is 5. The predicted molar refractivity (Wildman–Crippen MR) is 68.4 cm³/mol. The molecule has 0 aliphatic heterocycles. The van der Waals surface area contributed by atoms with Crippen molar-refractivity contribution in [1.29, 1.82) is 0 Å². The largest absolute Gasteiger partial charge is 0.366 e. The Kier molecular flexibility index (Phi) is 2.53. The molecule has 0 spiro atoms. The molecule has 0 aliphatic rings. The van der Waals surface area contributed by atoms with Gasteiger partial charge in [-0.2, -0.15) is 9.61 Å². The van der Waals surface area contributed by atoms with Gasteiger partial charge in [0, 0.05) is 10.6 Å². The van der Waals surface area contributed by atoms with Gasteiger partial charge in [0.25, 0.3) is 5.78 Å². The summed E-state index contributed by atoms with van der Waals surface area (Å²) >= 11 is 11.9. The van der Waals surface area contributed by atoms with Crippen LogP contribution in [0.3, 0.4) is 0 Å². The zero-order valence-electron chi connectivity index (χ0n) is 8.88.